The number of carbonyl (C=O) groups is 1. The number of nitrogens with one attached hydrogen (secondary N) is 2. The highest BCUT2D eigenvalue weighted by molar-refractivity contribution is 5.71. The summed E-state index contributed by atoms with van der Waals surface area (Å²) in [4.78, 5) is 14.1. The van der Waals surface area contributed by atoms with Gasteiger partial charge in [0.05, 0.1) is 0 Å². The van der Waals surface area contributed by atoms with Crippen molar-refractivity contribution in [1.29, 1.82) is 0 Å². The third kappa shape index (κ3) is 18.9. The fraction of sp³-hybridized carbons (Fsp3) is 0.833. The Morgan fingerprint density at radius 1 is 0.917 bits per heavy atom. The lowest BCUT2D eigenvalue weighted by Gasteiger charge is -2.06. The summed E-state index contributed by atoms with van der Waals surface area (Å²) in [6, 6.07) is 0. The quantitative estimate of drug-likeness (QED) is 0.173. The first-order valence-corrected chi connectivity index (χ1v) is 9.10. The minimum atomic E-state index is -0.724. The molecule has 0 aliphatic heterocycles. The van der Waals surface area contributed by atoms with Crippen molar-refractivity contribution < 1.29 is 19.7 Å². The van der Waals surface area contributed by atoms with Crippen molar-refractivity contribution in [1.82, 2.24) is 10.6 Å². The van der Waals surface area contributed by atoms with Crippen molar-refractivity contribution in [2.24, 2.45) is 0 Å². The van der Waals surface area contributed by atoms with Crippen molar-refractivity contribution in [2.45, 2.75) is 58.3 Å². The summed E-state index contributed by atoms with van der Waals surface area (Å²) in [6.45, 7) is 7.92. The molecule has 6 heteroatoms. The molecule has 0 aromatic rings. The maximum absolute atomic E-state index is 10.6. The van der Waals surface area contributed by atoms with Gasteiger partial charge in [-0.3, -0.25) is 4.89 Å². The second-order valence-electron chi connectivity index (χ2n) is 5.62. The molecule has 0 heterocycles. The van der Waals surface area contributed by atoms with Gasteiger partial charge in [0.15, 0.2) is 0 Å². The third-order valence-electron chi connectivity index (χ3n) is 3.36. The van der Waals surface area contributed by atoms with E-state index in [0.717, 1.165) is 52.0 Å². The van der Waals surface area contributed by atoms with Crippen LogP contribution in [0.5, 0.6) is 0 Å². The molecule has 0 aromatic heterocycles. The summed E-state index contributed by atoms with van der Waals surface area (Å²) in [5.41, 5.74) is 0. The number of hydrogen-bond donors (Lipinski definition) is 3. The molecule has 0 spiro atoms. The molecule has 0 radical (unpaired) electrons. The van der Waals surface area contributed by atoms with Crippen LogP contribution in [-0.4, -0.2) is 50.6 Å². The molecule has 0 amide bonds. The first-order chi connectivity index (χ1) is 11.8. The Morgan fingerprint density at radius 3 is 2.29 bits per heavy atom. The summed E-state index contributed by atoms with van der Waals surface area (Å²) >= 11 is 0. The molecule has 0 atom stereocenters. The number of carbonyl (C=O) groups excluding carboxylic acids is 1. The van der Waals surface area contributed by atoms with E-state index in [2.05, 4.69) is 34.3 Å². The van der Waals surface area contributed by atoms with Crippen LogP contribution in [0.4, 0.5) is 0 Å². The maximum atomic E-state index is 10.6. The number of hydrogen-bond acceptors (Lipinski definition) is 6. The monoisotopic (exact) mass is 342 g/mol. The van der Waals surface area contributed by atoms with Gasteiger partial charge in [0.2, 0.25) is 0 Å². The van der Waals surface area contributed by atoms with E-state index in [4.69, 9.17) is 9.99 Å². The van der Waals surface area contributed by atoms with E-state index in [1.54, 1.807) is 0 Å². The number of rotatable bonds is 16. The van der Waals surface area contributed by atoms with Gasteiger partial charge in [0.25, 0.3) is 0 Å². The molecule has 0 rings (SSSR count). The Balaban J connectivity index is 3.09. The number of ether oxygens (including phenoxy) is 1. The Morgan fingerprint density at radius 2 is 1.58 bits per heavy atom. The highest BCUT2D eigenvalue weighted by Crippen LogP contribution is 1.92. The lowest BCUT2D eigenvalue weighted by Crippen LogP contribution is -2.23. The third-order valence-corrected chi connectivity index (χ3v) is 3.36. The largest absolute Gasteiger partial charge is 0.381 e. The summed E-state index contributed by atoms with van der Waals surface area (Å²) in [7, 11) is 0. The Hall–Kier alpha value is -1.13. The molecule has 3 N–H and O–H groups in total. The van der Waals surface area contributed by atoms with E-state index in [9.17, 15) is 4.79 Å². The average molecular weight is 342 g/mol. The van der Waals surface area contributed by atoms with Gasteiger partial charge in [-0.1, -0.05) is 25.7 Å². The fourth-order valence-corrected chi connectivity index (χ4v) is 2.01. The molecule has 0 saturated carbocycles. The zero-order chi connectivity index (χ0) is 17.7. The summed E-state index contributed by atoms with van der Waals surface area (Å²) in [5.74, 6) is 4.74. The van der Waals surface area contributed by atoms with Gasteiger partial charge in [-0.2, -0.15) is 5.26 Å². The molecule has 0 saturated heterocycles. The second kappa shape index (κ2) is 19.9. The standard InChI is InChI=1S/C18H34N2O4/c1-2-3-7-12-19-13-9-14-20-15-10-17-23-16-8-5-4-6-11-18(21)24-22/h19-20,22H,2-3,5,7-17H2,1H3. The van der Waals surface area contributed by atoms with Crippen LogP contribution in [-0.2, 0) is 14.4 Å². The van der Waals surface area contributed by atoms with Gasteiger partial charge in [-0.25, -0.2) is 4.79 Å². The van der Waals surface area contributed by atoms with Crippen LogP contribution in [0.15, 0.2) is 0 Å². The molecule has 0 fully saturated rings. The highest BCUT2D eigenvalue weighted by Gasteiger charge is 1.95. The predicted octanol–water partition coefficient (Wildman–Crippen LogP) is 2.34. The maximum Gasteiger partial charge on any atom is 0.353 e. The van der Waals surface area contributed by atoms with Crippen molar-refractivity contribution in [3.8, 4) is 11.8 Å². The van der Waals surface area contributed by atoms with Crippen molar-refractivity contribution in [2.75, 3.05) is 39.4 Å². The van der Waals surface area contributed by atoms with Crippen LogP contribution in [0.1, 0.15) is 58.3 Å². The van der Waals surface area contributed by atoms with E-state index in [-0.39, 0.29) is 6.42 Å². The molecule has 24 heavy (non-hydrogen) atoms. The zero-order valence-corrected chi connectivity index (χ0v) is 15.1. The smallest absolute Gasteiger partial charge is 0.353 e. The Labute approximate surface area is 146 Å². The minimum Gasteiger partial charge on any atom is -0.381 e. The van der Waals surface area contributed by atoms with Gasteiger partial charge >= 0.3 is 5.97 Å². The zero-order valence-electron chi connectivity index (χ0n) is 15.1. The van der Waals surface area contributed by atoms with E-state index < -0.39 is 5.97 Å². The van der Waals surface area contributed by atoms with Crippen LogP contribution in [0, 0.1) is 11.8 Å². The van der Waals surface area contributed by atoms with E-state index in [1.165, 1.54) is 19.3 Å². The molecule has 0 bridgehead atoms. The SMILES string of the molecule is CCCCCNCCCNCCCOCCCC#CCC(=O)OO. The lowest BCUT2D eigenvalue weighted by atomic mass is 10.2. The van der Waals surface area contributed by atoms with Crippen LogP contribution >= 0.6 is 0 Å². The van der Waals surface area contributed by atoms with Gasteiger partial charge in [0, 0.05) is 19.6 Å². The van der Waals surface area contributed by atoms with Gasteiger partial charge in [-0.05, 0) is 51.9 Å². The first kappa shape index (κ1) is 22.9. The van der Waals surface area contributed by atoms with Crippen molar-refractivity contribution in [3.05, 3.63) is 0 Å². The van der Waals surface area contributed by atoms with Gasteiger partial charge in [0.1, 0.15) is 6.42 Å². The second-order valence-corrected chi connectivity index (χ2v) is 5.62. The lowest BCUT2D eigenvalue weighted by molar-refractivity contribution is -0.233. The molecule has 0 aliphatic carbocycles. The van der Waals surface area contributed by atoms with Gasteiger partial charge < -0.3 is 15.4 Å². The van der Waals surface area contributed by atoms with Crippen LogP contribution in [0.3, 0.4) is 0 Å². The molecular weight excluding hydrogens is 308 g/mol. The van der Waals surface area contributed by atoms with Crippen molar-refractivity contribution in [3.63, 3.8) is 0 Å². The van der Waals surface area contributed by atoms with Crippen LogP contribution in [0.25, 0.3) is 0 Å². The summed E-state index contributed by atoms with van der Waals surface area (Å²) in [6.07, 6.45) is 7.50. The van der Waals surface area contributed by atoms with E-state index >= 15 is 0 Å². The summed E-state index contributed by atoms with van der Waals surface area (Å²) < 4.78 is 5.51. The molecule has 0 unspecified atom stereocenters. The minimum absolute atomic E-state index is 0.0721. The molecule has 6 nitrogen and oxygen atoms in total. The Bertz CT molecular complexity index is 340. The van der Waals surface area contributed by atoms with Crippen molar-refractivity contribution >= 4 is 5.97 Å². The van der Waals surface area contributed by atoms with Crippen LogP contribution in [0.2, 0.25) is 0 Å². The topological polar surface area (TPSA) is 79.8 Å². The molecule has 140 valence electrons. The Kier molecular flexibility index (Phi) is 19.0. The molecule has 0 aromatic carbocycles. The normalized spacial score (nSPS) is 10.2. The van der Waals surface area contributed by atoms with E-state index in [0.29, 0.717) is 13.0 Å². The van der Waals surface area contributed by atoms with E-state index in [1.807, 2.05) is 0 Å². The average Bonchev–Trinajstić information content (AvgIpc) is 2.60. The molecular formula is C18H34N2O4. The van der Waals surface area contributed by atoms with Crippen LogP contribution < -0.4 is 10.6 Å². The van der Waals surface area contributed by atoms with Gasteiger partial charge in [-0.15, -0.1) is 5.92 Å². The fourth-order valence-electron chi connectivity index (χ4n) is 2.01. The first-order valence-electron chi connectivity index (χ1n) is 9.10. The highest BCUT2D eigenvalue weighted by atomic mass is 17.1. The summed E-state index contributed by atoms with van der Waals surface area (Å²) in [5, 5.41) is 14.9. The molecule has 0 aliphatic rings. The number of unbranched alkanes of at least 4 members (excludes halogenated alkanes) is 3. The predicted molar refractivity (Wildman–Crippen MR) is 95.7 cm³/mol.